The Balaban J connectivity index is 0.00000324. The molecular weight excluding hydrogens is 287 g/mol. The fourth-order valence-corrected chi connectivity index (χ4v) is 1.71. The summed E-state index contributed by atoms with van der Waals surface area (Å²) in [4.78, 5) is 23.1. The third kappa shape index (κ3) is 4.87. The molecule has 0 radical (unpaired) electrons. The molecule has 0 bridgehead atoms. The Hall–Kier alpha value is -1.02. The molecule has 0 saturated carbocycles. The highest BCUT2D eigenvalue weighted by atomic mass is 35.5. The van der Waals surface area contributed by atoms with Gasteiger partial charge in [-0.1, -0.05) is 0 Å². The summed E-state index contributed by atoms with van der Waals surface area (Å²) in [6, 6.07) is -2.17. The van der Waals surface area contributed by atoms with Gasteiger partial charge in [0.05, 0.1) is 0 Å². The maximum absolute atomic E-state index is 12.4. The van der Waals surface area contributed by atoms with Crippen molar-refractivity contribution in [3.8, 4) is 0 Å². The van der Waals surface area contributed by atoms with E-state index in [1.807, 2.05) is 5.32 Å². The van der Waals surface area contributed by atoms with E-state index in [1.54, 1.807) is 6.92 Å². The molecule has 0 aliphatic carbocycles. The fraction of sp³-hybridized carbons (Fsp3) is 0.800. The van der Waals surface area contributed by atoms with Crippen LogP contribution in [0.4, 0.5) is 13.2 Å². The number of piperidine rings is 1. The minimum absolute atomic E-state index is 0. The first-order valence-corrected chi connectivity index (χ1v) is 5.63. The van der Waals surface area contributed by atoms with Crippen LogP contribution in [0.1, 0.15) is 19.8 Å². The number of carbonyl (C=O) groups excluding carboxylic acids is 2. The molecule has 0 spiro atoms. The molecular formula is C10H17ClF3N3O2. The molecule has 9 heteroatoms. The molecule has 1 rings (SSSR count). The summed E-state index contributed by atoms with van der Waals surface area (Å²) in [5.74, 6) is -2.53. The van der Waals surface area contributed by atoms with E-state index in [0.717, 1.165) is 0 Å². The molecule has 1 aliphatic rings. The minimum atomic E-state index is -4.47. The number of nitrogens with two attached hydrogens (primary N) is 1. The summed E-state index contributed by atoms with van der Waals surface area (Å²) < 4.78 is 37.1. The van der Waals surface area contributed by atoms with Crippen molar-refractivity contribution in [3.63, 3.8) is 0 Å². The molecule has 1 heterocycles. The largest absolute Gasteiger partial charge is 0.408 e. The van der Waals surface area contributed by atoms with Gasteiger partial charge in [-0.25, -0.2) is 0 Å². The lowest BCUT2D eigenvalue weighted by atomic mass is 9.92. The van der Waals surface area contributed by atoms with Crippen LogP contribution in [-0.2, 0) is 9.59 Å². The molecule has 5 nitrogen and oxygen atoms in total. The summed E-state index contributed by atoms with van der Waals surface area (Å²) in [7, 11) is 0. The van der Waals surface area contributed by atoms with Crippen LogP contribution in [0.15, 0.2) is 0 Å². The van der Waals surface area contributed by atoms with E-state index in [1.165, 1.54) is 0 Å². The van der Waals surface area contributed by atoms with Crippen LogP contribution < -0.4 is 16.4 Å². The van der Waals surface area contributed by atoms with Crippen LogP contribution in [0.5, 0.6) is 0 Å². The van der Waals surface area contributed by atoms with Gasteiger partial charge in [-0.2, -0.15) is 13.2 Å². The highest BCUT2D eigenvalue weighted by molar-refractivity contribution is 6.01. The molecule has 0 aromatic heterocycles. The number of rotatable bonds is 3. The maximum Gasteiger partial charge on any atom is 0.408 e. The lowest BCUT2D eigenvalue weighted by Gasteiger charge is -2.30. The minimum Gasteiger partial charge on any atom is -0.352 e. The first-order valence-electron chi connectivity index (χ1n) is 5.63. The Morgan fingerprint density at radius 1 is 1.53 bits per heavy atom. The smallest absolute Gasteiger partial charge is 0.352 e. The van der Waals surface area contributed by atoms with Gasteiger partial charge < -0.3 is 16.4 Å². The van der Waals surface area contributed by atoms with Crippen molar-refractivity contribution in [3.05, 3.63) is 0 Å². The van der Waals surface area contributed by atoms with Crippen LogP contribution in [-0.4, -0.2) is 36.6 Å². The third-order valence-electron chi connectivity index (χ3n) is 2.83. The van der Waals surface area contributed by atoms with E-state index < -0.39 is 30.0 Å². The number of hydrogen-bond donors (Lipinski definition) is 3. The van der Waals surface area contributed by atoms with Crippen molar-refractivity contribution >= 4 is 24.2 Å². The van der Waals surface area contributed by atoms with Gasteiger partial charge >= 0.3 is 6.18 Å². The van der Waals surface area contributed by atoms with Gasteiger partial charge in [0.25, 0.3) is 0 Å². The molecule has 4 N–H and O–H groups in total. The molecule has 19 heavy (non-hydrogen) atoms. The van der Waals surface area contributed by atoms with Crippen LogP contribution in [0, 0.1) is 5.92 Å². The molecule has 0 aromatic rings. The molecule has 1 fully saturated rings. The standard InChI is InChI=1S/C10H16F3N3O2.ClH/c1-5(4-14)15-8(17)6-2-3-7(10(11,12)13)16-9(6)18;/h5-7H,2-4,14H2,1H3,(H,15,17)(H,16,18);1H/t5-,6?,7?;/m0./s1. The molecule has 3 atom stereocenters. The SMILES string of the molecule is C[C@@H](CN)NC(=O)C1CCC(C(F)(F)F)NC1=O.Cl. The summed E-state index contributed by atoms with van der Waals surface area (Å²) in [6.45, 7) is 1.85. The zero-order chi connectivity index (χ0) is 13.9. The third-order valence-corrected chi connectivity index (χ3v) is 2.83. The Labute approximate surface area is 114 Å². The zero-order valence-electron chi connectivity index (χ0n) is 10.3. The Kier molecular flexibility index (Phi) is 6.58. The van der Waals surface area contributed by atoms with Crippen molar-refractivity contribution in [2.24, 2.45) is 11.7 Å². The molecule has 2 unspecified atom stereocenters. The second-order valence-electron chi connectivity index (χ2n) is 4.38. The topological polar surface area (TPSA) is 84.2 Å². The number of carbonyl (C=O) groups is 2. The van der Waals surface area contributed by atoms with Crippen LogP contribution in [0.3, 0.4) is 0 Å². The first-order chi connectivity index (χ1) is 8.25. The summed E-state index contributed by atoms with van der Waals surface area (Å²) in [5, 5.41) is 4.30. The fourth-order valence-electron chi connectivity index (χ4n) is 1.71. The van der Waals surface area contributed by atoms with Crippen molar-refractivity contribution in [1.82, 2.24) is 10.6 Å². The number of hydrogen-bond acceptors (Lipinski definition) is 3. The van der Waals surface area contributed by atoms with Gasteiger partial charge in [-0.3, -0.25) is 9.59 Å². The molecule has 2 amide bonds. The van der Waals surface area contributed by atoms with Gasteiger partial charge in [-0.15, -0.1) is 12.4 Å². The normalized spacial score (nSPS) is 25.0. The monoisotopic (exact) mass is 303 g/mol. The quantitative estimate of drug-likeness (QED) is 0.657. The van der Waals surface area contributed by atoms with Gasteiger partial charge in [-0.05, 0) is 19.8 Å². The maximum atomic E-state index is 12.4. The van der Waals surface area contributed by atoms with Gasteiger partial charge in [0, 0.05) is 12.6 Å². The predicted molar refractivity (Wildman–Crippen MR) is 64.6 cm³/mol. The lowest BCUT2D eigenvalue weighted by Crippen LogP contribution is -2.55. The Morgan fingerprint density at radius 3 is 2.53 bits per heavy atom. The summed E-state index contributed by atoms with van der Waals surface area (Å²) in [6.07, 6.45) is -4.87. The van der Waals surface area contributed by atoms with E-state index in [4.69, 9.17) is 5.73 Å². The summed E-state index contributed by atoms with van der Waals surface area (Å²) >= 11 is 0. The van der Waals surface area contributed by atoms with Gasteiger partial charge in [0.2, 0.25) is 11.8 Å². The average Bonchev–Trinajstić information content (AvgIpc) is 2.27. The second-order valence-corrected chi connectivity index (χ2v) is 4.38. The van der Waals surface area contributed by atoms with Crippen molar-refractivity contribution in [2.45, 2.75) is 38.0 Å². The molecule has 1 saturated heterocycles. The van der Waals surface area contributed by atoms with E-state index in [9.17, 15) is 22.8 Å². The average molecular weight is 304 g/mol. The van der Waals surface area contributed by atoms with E-state index in [0.29, 0.717) is 0 Å². The van der Waals surface area contributed by atoms with Crippen molar-refractivity contribution < 1.29 is 22.8 Å². The highest BCUT2D eigenvalue weighted by Crippen LogP contribution is 2.28. The number of alkyl halides is 3. The first kappa shape index (κ1) is 18.0. The van der Waals surface area contributed by atoms with Crippen LogP contribution in [0.2, 0.25) is 0 Å². The van der Waals surface area contributed by atoms with Crippen LogP contribution in [0.25, 0.3) is 0 Å². The van der Waals surface area contributed by atoms with E-state index in [-0.39, 0.29) is 37.8 Å². The molecule has 112 valence electrons. The van der Waals surface area contributed by atoms with E-state index in [2.05, 4.69) is 5.32 Å². The number of amides is 2. The number of halogens is 4. The Morgan fingerprint density at radius 2 is 2.11 bits per heavy atom. The second kappa shape index (κ2) is 6.95. The molecule has 1 aliphatic heterocycles. The van der Waals surface area contributed by atoms with Crippen molar-refractivity contribution in [2.75, 3.05) is 6.54 Å². The van der Waals surface area contributed by atoms with Gasteiger partial charge in [0.1, 0.15) is 12.0 Å². The molecule has 0 aromatic carbocycles. The van der Waals surface area contributed by atoms with Gasteiger partial charge in [0.15, 0.2) is 0 Å². The highest BCUT2D eigenvalue weighted by Gasteiger charge is 2.45. The van der Waals surface area contributed by atoms with E-state index >= 15 is 0 Å². The Bertz CT molecular complexity index is 338. The predicted octanol–water partition coefficient (Wildman–Crippen LogP) is 0.329. The van der Waals surface area contributed by atoms with Crippen molar-refractivity contribution in [1.29, 1.82) is 0 Å². The lowest BCUT2D eigenvalue weighted by molar-refractivity contribution is -0.171. The zero-order valence-corrected chi connectivity index (χ0v) is 11.1. The summed E-state index contributed by atoms with van der Waals surface area (Å²) in [5.41, 5.74) is 5.30. The van der Waals surface area contributed by atoms with Crippen LogP contribution >= 0.6 is 12.4 Å². The number of nitrogens with one attached hydrogen (secondary N) is 2.